The highest BCUT2D eigenvalue weighted by Gasteiger charge is 2.08. The van der Waals surface area contributed by atoms with E-state index in [9.17, 15) is 4.39 Å². The van der Waals surface area contributed by atoms with Gasteiger partial charge in [-0.15, -0.1) is 0 Å². The number of aliphatic hydroxyl groups excluding tert-OH is 1. The van der Waals surface area contributed by atoms with Crippen LogP contribution in [0.4, 0.5) is 4.39 Å². The second-order valence-electron chi connectivity index (χ2n) is 3.62. The van der Waals surface area contributed by atoms with Crippen molar-refractivity contribution in [3.8, 4) is 5.75 Å². The quantitative estimate of drug-likeness (QED) is 0.886. The molecule has 17 heavy (non-hydrogen) atoms. The lowest BCUT2D eigenvalue weighted by Crippen LogP contribution is -2.04. The van der Waals surface area contributed by atoms with Crippen LogP contribution in [-0.4, -0.2) is 11.7 Å². The summed E-state index contributed by atoms with van der Waals surface area (Å²) in [5, 5.41) is 13.1. The van der Waals surface area contributed by atoms with Crippen molar-refractivity contribution in [3.63, 3.8) is 0 Å². The number of thiophene rings is 1. The van der Waals surface area contributed by atoms with Crippen LogP contribution in [0.15, 0.2) is 35.0 Å². The predicted molar refractivity (Wildman–Crippen MR) is 65.8 cm³/mol. The Kier molecular flexibility index (Phi) is 4.12. The van der Waals surface area contributed by atoms with Gasteiger partial charge < -0.3 is 9.84 Å². The van der Waals surface area contributed by atoms with Gasteiger partial charge in [0.2, 0.25) is 0 Å². The summed E-state index contributed by atoms with van der Waals surface area (Å²) in [5.74, 6) is -0.271. The van der Waals surface area contributed by atoms with Gasteiger partial charge in [-0.05, 0) is 28.5 Å². The van der Waals surface area contributed by atoms with Crippen LogP contribution in [0.2, 0.25) is 0 Å². The number of para-hydroxylation sites is 1. The van der Waals surface area contributed by atoms with Crippen LogP contribution in [0.3, 0.4) is 0 Å². The first kappa shape index (κ1) is 12.1. The van der Waals surface area contributed by atoms with Gasteiger partial charge in [-0.1, -0.05) is 12.1 Å². The van der Waals surface area contributed by atoms with Crippen molar-refractivity contribution in [1.29, 1.82) is 0 Å². The molecule has 90 valence electrons. The van der Waals surface area contributed by atoms with Crippen LogP contribution < -0.4 is 4.74 Å². The van der Waals surface area contributed by atoms with Crippen LogP contribution in [0.1, 0.15) is 11.1 Å². The summed E-state index contributed by atoms with van der Waals surface area (Å²) in [6.07, 6.45) is 0.739. The molecule has 1 aromatic heterocycles. The molecule has 1 N–H and O–H groups in total. The maximum absolute atomic E-state index is 13.5. The molecule has 4 heteroatoms. The number of halogens is 1. The molecule has 0 bridgehead atoms. The van der Waals surface area contributed by atoms with Crippen molar-refractivity contribution in [2.75, 3.05) is 6.61 Å². The zero-order valence-electron chi connectivity index (χ0n) is 9.23. The molecule has 0 aliphatic rings. The molecule has 0 unspecified atom stereocenters. The van der Waals surface area contributed by atoms with E-state index in [4.69, 9.17) is 9.84 Å². The monoisotopic (exact) mass is 252 g/mol. The van der Waals surface area contributed by atoms with E-state index < -0.39 is 5.82 Å². The number of hydrogen-bond donors (Lipinski definition) is 1. The Morgan fingerprint density at radius 2 is 2.18 bits per heavy atom. The van der Waals surface area contributed by atoms with Gasteiger partial charge in [-0.25, -0.2) is 4.39 Å². The summed E-state index contributed by atoms with van der Waals surface area (Å²) < 4.78 is 18.9. The van der Waals surface area contributed by atoms with Crippen LogP contribution in [0.5, 0.6) is 5.75 Å². The topological polar surface area (TPSA) is 29.5 Å². The van der Waals surface area contributed by atoms with E-state index in [1.807, 2.05) is 16.8 Å². The van der Waals surface area contributed by atoms with Crippen molar-refractivity contribution < 1.29 is 14.2 Å². The first-order chi connectivity index (χ1) is 8.31. The third-order valence-corrected chi connectivity index (χ3v) is 3.17. The summed E-state index contributed by atoms with van der Waals surface area (Å²) in [6, 6.07) is 6.57. The van der Waals surface area contributed by atoms with Gasteiger partial charge in [0, 0.05) is 12.0 Å². The van der Waals surface area contributed by atoms with Crippen molar-refractivity contribution in [2.45, 2.75) is 13.0 Å². The maximum Gasteiger partial charge on any atom is 0.165 e. The zero-order valence-corrected chi connectivity index (χ0v) is 10.0. The molecule has 1 aromatic carbocycles. The first-order valence-electron chi connectivity index (χ1n) is 5.33. The van der Waals surface area contributed by atoms with Gasteiger partial charge in [0.15, 0.2) is 11.6 Å². The minimum absolute atomic E-state index is 0.158. The smallest absolute Gasteiger partial charge is 0.165 e. The molecule has 0 saturated heterocycles. The van der Waals surface area contributed by atoms with E-state index in [0.717, 1.165) is 6.42 Å². The van der Waals surface area contributed by atoms with Crippen LogP contribution >= 0.6 is 11.3 Å². The largest absolute Gasteiger partial charge is 0.490 e. The van der Waals surface area contributed by atoms with E-state index in [0.29, 0.717) is 12.2 Å². The highest BCUT2D eigenvalue weighted by molar-refractivity contribution is 7.07. The number of benzene rings is 1. The highest BCUT2D eigenvalue weighted by atomic mass is 32.1. The Balaban J connectivity index is 1.98. The van der Waals surface area contributed by atoms with Crippen molar-refractivity contribution in [3.05, 3.63) is 52.0 Å². The number of ether oxygens (including phenoxy) is 1. The van der Waals surface area contributed by atoms with E-state index in [1.54, 1.807) is 23.5 Å². The molecule has 2 nitrogen and oxygen atoms in total. The minimum atomic E-state index is -0.429. The molecule has 0 radical (unpaired) electrons. The standard InChI is InChI=1S/C13H13FO2S/c14-12-3-1-2-11(8-15)13(12)16-6-4-10-5-7-17-9-10/h1-3,5,7,9,15H,4,6,8H2. The highest BCUT2D eigenvalue weighted by Crippen LogP contribution is 2.22. The van der Waals surface area contributed by atoms with Gasteiger partial charge in [0.05, 0.1) is 13.2 Å². The molecule has 0 fully saturated rings. The summed E-state index contributed by atoms with van der Waals surface area (Å²) in [7, 11) is 0. The lowest BCUT2D eigenvalue weighted by Gasteiger charge is -2.10. The fraction of sp³-hybridized carbons (Fsp3) is 0.231. The lowest BCUT2D eigenvalue weighted by atomic mass is 10.2. The third kappa shape index (κ3) is 3.05. The van der Waals surface area contributed by atoms with E-state index in [1.165, 1.54) is 11.6 Å². The Hall–Kier alpha value is -1.39. The predicted octanol–water partition coefficient (Wildman–Crippen LogP) is 3.00. The van der Waals surface area contributed by atoms with Crippen LogP contribution in [0, 0.1) is 5.82 Å². The minimum Gasteiger partial charge on any atom is -0.490 e. The third-order valence-electron chi connectivity index (χ3n) is 2.44. The zero-order chi connectivity index (χ0) is 12.1. The number of hydrogen-bond acceptors (Lipinski definition) is 3. The Morgan fingerprint density at radius 1 is 1.29 bits per heavy atom. The summed E-state index contributed by atoms with van der Waals surface area (Å²) in [6.45, 7) is 0.191. The summed E-state index contributed by atoms with van der Waals surface area (Å²) in [5.41, 5.74) is 1.66. The normalized spacial score (nSPS) is 10.5. The van der Waals surface area contributed by atoms with Crippen molar-refractivity contribution in [2.24, 2.45) is 0 Å². The fourth-order valence-electron chi connectivity index (χ4n) is 1.55. The second-order valence-corrected chi connectivity index (χ2v) is 4.40. The number of rotatable bonds is 5. The fourth-order valence-corrected chi connectivity index (χ4v) is 2.25. The Bertz CT molecular complexity index is 468. The van der Waals surface area contributed by atoms with Gasteiger partial charge in [-0.2, -0.15) is 11.3 Å². The SMILES string of the molecule is OCc1cccc(F)c1OCCc1ccsc1. The number of aliphatic hydroxyl groups is 1. The van der Waals surface area contributed by atoms with E-state index in [-0.39, 0.29) is 12.4 Å². The lowest BCUT2D eigenvalue weighted by molar-refractivity contribution is 0.257. The second kappa shape index (κ2) is 5.80. The van der Waals surface area contributed by atoms with E-state index in [2.05, 4.69) is 0 Å². The van der Waals surface area contributed by atoms with Gasteiger partial charge in [-0.3, -0.25) is 0 Å². The van der Waals surface area contributed by atoms with Crippen LogP contribution in [-0.2, 0) is 13.0 Å². The molecule has 0 aliphatic heterocycles. The summed E-state index contributed by atoms with van der Waals surface area (Å²) >= 11 is 1.63. The molecule has 0 spiro atoms. The molecule has 0 atom stereocenters. The first-order valence-corrected chi connectivity index (χ1v) is 6.27. The molecular formula is C13H13FO2S. The van der Waals surface area contributed by atoms with Crippen molar-refractivity contribution in [1.82, 2.24) is 0 Å². The average molecular weight is 252 g/mol. The Labute approximate surface area is 103 Å². The van der Waals surface area contributed by atoms with Gasteiger partial charge >= 0.3 is 0 Å². The van der Waals surface area contributed by atoms with Gasteiger partial charge in [0.1, 0.15) is 0 Å². The average Bonchev–Trinajstić information content (AvgIpc) is 2.84. The van der Waals surface area contributed by atoms with Gasteiger partial charge in [0.25, 0.3) is 0 Å². The van der Waals surface area contributed by atoms with Crippen molar-refractivity contribution >= 4 is 11.3 Å². The Morgan fingerprint density at radius 3 is 2.88 bits per heavy atom. The molecular weight excluding hydrogens is 239 g/mol. The molecule has 2 aromatic rings. The molecule has 0 saturated carbocycles. The molecule has 1 heterocycles. The van der Waals surface area contributed by atoms with Crippen LogP contribution in [0.25, 0.3) is 0 Å². The molecule has 0 aliphatic carbocycles. The maximum atomic E-state index is 13.5. The summed E-state index contributed by atoms with van der Waals surface area (Å²) in [4.78, 5) is 0. The van der Waals surface area contributed by atoms with E-state index >= 15 is 0 Å². The molecule has 2 rings (SSSR count). The molecule has 0 amide bonds.